The Morgan fingerprint density at radius 2 is 1.81 bits per heavy atom. The lowest BCUT2D eigenvalue weighted by Gasteiger charge is -2.08. The van der Waals surface area contributed by atoms with Crippen LogP contribution in [0.25, 0.3) is 6.08 Å². The van der Waals surface area contributed by atoms with Crippen LogP contribution in [-0.2, 0) is 0 Å². The fourth-order valence-electron chi connectivity index (χ4n) is 1.33. The number of nitrogens with zero attached hydrogens (tertiary/aromatic N) is 1. The van der Waals surface area contributed by atoms with E-state index in [0.29, 0.717) is 5.92 Å². The van der Waals surface area contributed by atoms with E-state index < -0.39 is 0 Å². The summed E-state index contributed by atoms with van der Waals surface area (Å²) in [6.07, 6.45) is 8.70. The minimum atomic E-state index is 0. The van der Waals surface area contributed by atoms with Crippen molar-refractivity contribution in [2.75, 3.05) is 0 Å². The van der Waals surface area contributed by atoms with Gasteiger partial charge in [0.25, 0.3) is 0 Å². The van der Waals surface area contributed by atoms with Gasteiger partial charge in [-0.05, 0) is 30.0 Å². The van der Waals surface area contributed by atoms with Gasteiger partial charge in [0.05, 0.1) is 0 Å². The lowest BCUT2D eigenvalue weighted by Crippen LogP contribution is -2.18. The molecule has 1 atom stereocenters. The van der Waals surface area contributed by atoms with Crippen LogP contribution in [-0.4, -0.2) is 11.0 Å². The Morgan fingerprint density at radius 3 is 2.31 bits per heavy atom. The van der Waals surface area contributed by atoms with Crippen LogP contribution in [0.2, 0.25) is 0 Å². The Hall–Kier alpha value is -0.570. The number of nitrogens with two attached hydrogens (primary N) is 1. The van der Waals surface area contributed by atoms with Crippen LogP contribution in [0.4, 0.5) is 0 Å². The van der Waals surface area contributed by atoms with Gasteiger partial charge in [-0.1, -0.05) is 26.0 Å². The summed E-state index contributed by atoms with van der Waals surface area (Å²) in [5, 5.41) is 0. The Morgan fingerprint density at radius 1 is 1.25 bits per heavy atom. The molecule has 92 valence electrons. The maximum atomic E-state index is 5.92. The molecule has 0 bridgehead atoms. The number of rotatable bonds is 4. The highest BCUT2D eigenvalue weighted by Crippen LogP contribution is 2.06. The van der Waals surface area contributed by atoms with Gasteiger partial charge in [-0.3, -0.25) is 4.98 Å². The molecule has 0 saturated heterocycles. The van der Waals surface area contributed by atoms with Crippen LogP contribution in [0.3, 0.4) is 0 Å². The molecule has 1 rings (SSSR count). The number of hydrogen-bond donors (Lipinski definition) is 1. The van der Waals surface area contributed by atoms with E-state index in [0.717, 1.165) is 12.0 Å². The number of halogens is 2. The molecular formula is C12H20Cl2N2. The van der Waals surface area contributed by atoms with E-state index in [9.17, 15) is 0 Å². The molecule has 0 radical (unpaired) electrons. The van der Waals surface area contributed by atoms with Crippen molar-refractivity contribution in [1.29, 1.82) is 0 Å². The second kappa shape index (κ2) is 9.64. The maximum Gasteiger partial charge on any atom is 0.0273 e. The van der Waals surface area contributed by atoms with Crippen molar-refractivity contribution in [3.05, 3.63) is 36.2 Å². The quantitative estimate of drug-likeness (QED) is 0.905. The number of hydrogen-bond acceptors (Lipinski definition) is 2. The van der Waals surface area contributed by atoms with Gasteiger partial charge in [-0.25, -0.2) is 0 Å². The molecule has 1 aromatic rings. The first-order valence-corrected chi connectivity index (χ1v) is 5.02. The smallest absolute Gasteiger partial charge is 0.0273 e. The van der Waals surface area contributed by atoms with Crippen molar-refractivity contribution in [1.82, 2.24) is 4.98 Å². The molecule has 0 amide bonds. The van der Waals surface area contributed by atoms with Crippen LogP contribution in [0.5, 0.6) is 0 Å². The first-order chi connectivity index (χ1) is 6.68. The summed E-state index contributed by atoms with van der Waals surface area (Å²) in [5.74, 6) is 0.645. The molecule has 1 aromatic heterocycles. The molecule has 0 aromatic carbocycles. The molecule has 0 saturated carbocycles. The monoisotopic (exact) mass is 262 g/mol. The summed E-state index contributed by atoms with van der Waals surface area (Å²) in [4.78, 5) is 3.96. The second-order valence-corrected chi connectivity index (χ2v) is 3.93. The Labute approximate surface area is 110 Å². The maximum absolute atomic E-state index is 5.92. The number of aromatic nitrogens is 1. The van der Waals surface area contributed by atoms with Crippen molar-refractivity contribution in [2.24, 2.45) is 11.7 Å². The third-order valence-electron chi connectivity index (χ3n) is 1.99. The van der Waals surface area contributed by atoms with E-state index in [1.165, 1.54) is 0 Å². The fraction of sp³-hybridized carbons (Fsp3) is 0.417. The van der Waals surface area contributed by atoms with Crippen molar-refractivity contribution in [2.45, 2.75) is 26.3 Å². The summed E-state index contributed by atoms with van der Waals surface area (Å²) in [6, 6.07) is 4.10. The molecule has 0 aliphatic rings. The molecule has 2 N–H and O–H groups in total. The topological polar surface area (TPSA) is 38.9 Å². The highest BCUT2D eigenvalue weighted by molar-refractivity contribution is 5.85. The van der Waals surface area contributed by atoms with Gasteiger partial charge in [-0.15, -0.1) is 24.8 Å². The predicted molar refractivity (Wildman–Crippen MR) is 75.2 cm³/mol. The molecule has 0 aliphatic heterocycles. The average Bonchev–Trinajstić information content (AvgIpc) is 2.15. The van der Waals surface area contributed by atoms with Gasteiger partial charge < -0.3 is 5.73 Å². The second-order valence-electron chi connectivity index (χ2n) is 3.93. The predicted octanol–water partition coefficient (Wildman–Crippen LogP) is 3.31. The van der Waals surface area contributed by atoms with Crippen molar-refractivity contribution in [3.63, 3.8) is 0 Å². The summed E-state index contributed by atoms with van der Waals surface area (Å²) in [5.41, 5.74) is 7.07. The van der Waals surface area contributed by atoms with Gasteiger partial charge >= 0.3 is 0 Å². The van der Waals surface area contributed by atoms with Crippen LogP contribution in [0, 0.1) is 5.92 Å². The third kappa shape index (κ3) is 7.69. The molecule has 0 aliphatic carbocycles. The summed E-state index contributed by atoms with van der Waals surface area (Å²) >= 11 is 0. The van der Waals surface area contributed by atoms with E-state index in [-0.39, 0.29) is 30.9 Å². The molecule has 0 spiro atoms. The zero-order chi connectivity index (χ0) is 10.4. The van der Waals surface area contributed by atoms with Gasteiger partial charge in [0.2, 0.25) is 0 Å². The molecule has 1 heterocycles. The zero-order valence-corrected chi connectivity index (χ0v) is 11.3. The van der Waals surface area contributed by atoms with Crippen molar-refractivity contribution in [3.8, 4) is 0 Å². The van der Waals surface area contributed by atoms with E-state index in [1.54, 1.807) is 12.4 Å². The van der Waals surface area contributed by atoms with E-state index in [2.05, 4.69) is 31.0 Å². The third-order valence-corrected chi connectivity index (χ3v) is 1.99. The minimum absolute atomic E-state index is 0. The largest absolute Gasteiger partial charge is 0.324 e. The summed E-state index contributed by atoms with van der Waals surface area (Å²) in [6.45, 7) is 4.36. The van der Waals surface area contributed by atoms with Crippen molar-refractivity contribution < 1.29 is 0 Å². The fourth-order valence-corrected chi connectivity index (χ4v) is 1.33. The van der Waals surface area contributed by atoms with Crippen molar-refractivity contribution >= 4 is 30.9 Å². The first kappa shape index (κ1) is 17.8. The Kier molecular flexibility index (Phi) is 10.7. The molecule has 2 nitrogen and oxygen atoms in total. The van der Waals surface area contributed by atoms with Gasteiger partial charge in [0.15, 0.2) is 0 Å². The molecule has 0 unspecified atom stereocenters. The van der Waals surface area contributed by atoms with Crippen LogP contribution < -0.4 is 5.73 Å². The average molecular weight is 263 g/mol. The standard InChI is InChI=1S/C12H18N2.2ClH/c1-10(2)9-12(13)4-3-11-5-7-14-8-6-11;;/h3-8,10,12H,9,13H2,1-2H3;2*1H/b4-3+;;/t12-;;/m1../s1. The van der Waals surface area contributed by atoms with Gasteiger partial charge in [-0.2, -0.15) is 0 Å². The van der Waals surface area contributed by atoms with Crippen LogP contribution >= 0.6 is 24.8 Å². The van der Waals surface area contributed by atoms with Crippen LogP contribution in [0.15, 0.2) is 30.6 Å². The first-order valence-electron chi connectivity index (χ1n) is 5.02. The normalized spacial score (nSPS) is 12.0. The highest BCUT2D eigenvalue weighted by atomic mass is 35.5. The van der Waals surface area contributed by atoms with E-state index in [1.807, 2.05) is 12.1 Å². The van der Waals surface area contributed by atoms with Gasteiger partial charge in [0, 0.05) is 18.4 Å². The van der Waals surface area contributed by atoms with Crippen LogP contribution in [0.1, 0.15) is 25.8 Å². The molecule has 16 heavy (non-hydrogen) atoms. The molecular weight excluding hydrogens is 243 g/mol. The Balaban J connectivity index is 0. The lowest BCUT2D eigenvalue weighted by molar-refractivity contribution is 0.547. The lowest BCUT2D eigenvalue weighted by atomic mass is 10.0. The minimum Gasteiger partial charge on any atom is -0.324 e. The summed E-state index contributed by atoms with van der Waals surface area (Å²) < 4.78 is 0. The van der Waals surface area contributed by atoms with Gasteiger partial charge in [0.1, 0.15) is 0 Å². The molecule has 0 fully saturated rings. The highest BCUT2D eigenvalue weighted by Gasteiger charge is 2.00. The number of pyridine rings is 1. The van der Waals surface area contributed by atoms with E-state index in [4.69, 9.17) is 5.73 Å². The Bertz CT molecular complexity index is 286. The van der Waals surface area contributed by atoms with E-state index >= 15 is 0 Å². The zero-order valence-electron chi connectivity index (χ0n) is 9.67. The SMILES string of the molecule is CC(C)C[C@H](N)/C=C/c1ccncc1.Cl.Cl. The molecule has 4 heteroatoms. The summed E-state index contributed by atoms with van der Waals surface area (Å²) in [7, 11) is 0.